The van der Waals surface area contributed by atoms with Crippen molar-refractivity contribution in [3.63, 3.8) is 0 Å². The van der Waals surface area contributed by atoms with Gasteiger partial charge in [-0.15, -0.1) is 0 Å². The van der Waals surface area contributed by atoms with Crippen molar-refractivity contribution in [1.29, 1.82) is 0 Å². The molecule has 10 heteroatoms. The van der Waals surface area contributed by atoms with Crippen molar-refractivity contribution in [2.75, 3.05) is 29.9 Å². The summed E-state index contributed by atoms with van der Waals surface area (Å²) in [5, 5.41) is 17.3. The molecule has 1 saturated heterocycles. The lowest BCUT2D eigenvalue weighted by Crippen LogP contribution is -2.43. The van der Waals surface area contributed by atoms with Crippen LogP contribution in [-0.4, -0.2) is 40.0 Å². The van der Waals surface area contributed by atoms with E-state index in [4.69, 9.17) is 0 Å². The highest BCUT2D eigenvalue weighted by atomic mass is 16.6. The molecule has 4 rings (SSSR count). The number of nitro groups is 1. The van der Waals surface area contributed by atoms with Crippen LogP contribution in [0.2, 0.25) is 0 Å². The topological polar surface area (TPSA) is 122 Å². The number of benzene rings is 1. The average molecular weight is 436 g/mol. The van der Waals surface area contributed by atoms with Crippen LogP contribution in [0.5, 0.6) is 0 Å². The molecule has 1 atom stereocenters. The molecule has 10 nitrogen and oxygen atoms in total. The van der Waals surface area contributed by atoms with Gasteiger partial charge < -0.3 is 15.5 Å². The fourth-order valence-electron chi connectivity index (χ4n) is 3.92. The van der Waals surface area contributed by atoms with Crippen LogP contribution in [0.1, 0.15) is 18.4 Å². The zero-order valence-corrected chi connectivity index (χ0v) is 17.7. The molecule has 1 aliphatic rings. The highest BCUT2D eigenvalue weighted by Gasteiger charge is 2.31. The van der Waals surface area contributed by atoms with Gasteiger partial charge in [0.25, 0.3) is 0 Å². The molecular weight excluding hydrogens is 412 g/mol. The first-order valence-corrected chi connectivity index (χ1v) is 10.4. The third-order valence-electron chi connectivity index (χ3n) is 5.55. The fourth-order valence-corrected chi connectivity index (χ4v) is 3.92. The second-order valence-electron chi connectivity index (χ2n) is 7.93. The van der Waals surface area contributed by atoms with Crippen LogP contribution in [0.4, 0.5) is 22.0 Å². The van der Waals surface area contributed by atoms with E-state index in [1.807, 2.05) is 31.2 Å². The second kappa shape index (κ2) is 9.04. The lowest BCUT2D eigenvalue weighted by molar-refractivity contribution is -0.385. The summed E-state index contributed by atoms with van der Waals surface area (Å²) >= 11 is 0. The van der Waals surface area contributed by atoms with Gasteiger partial charge in [-0.2, -0.15) is 0 Å². The first-order valence-electron chi connectivity index (χ1n) is 10.4. The number of aryl methyl sites for hydroxylation is 1. The van der Waals surface area contributed by atoms with Crippen LogP contribution in [0.15, 0.2) is 53.5 Å². The summed E-state index contributed by atoms with van der Waals surface area (Å²) in [6.07, 6.45) is 3.11. The molecule has 0 bridgehead atoms. The van der Waals surface area contributed by atoms with E-state index in [0.717, 1.165) is 18.4 Å². The minimum atomic E-state index is -0.701. The van der Waals surface area contributed by atoms with E-state index in [1.165, 1.54) is 10.6 Å². The van der Waals surface area contributed by atoms with E-state index < -0.39 is 16.2 Å². The third-order valence-corrected chi connectivity index (χ3v) is 5.55. The monoisotopic (exact) mass is 436 g/mol. The summed E-state index contributed by atoms with van der Waals surface area (Å²) in [6, 6.07) is 12.2. The van der Waals surface area contributed by atoms with Gasteiger partial charge in [-0.1, -0.05) is 23.8 Å². The quantitative estimate of drug-likeness (QED) is 0.468. The maximum Gasteiger partial charge on any atom is 0.376 e. The summed E-state index contributed by atoms with van der Waals surface area (Å²) in [6.45, 7) is 3.40. The zero-order valence-electron chi connectivity index (χ0n) is 17.7. The Morgan fingerprint density at radius 1 is 1.25 bits per heavy atom. The summed E-state index contributed by atoms with van der Waals surface area (Å²) in [4.78, 5) is 42.2. The molecule has 166 valence electrons. The summed E-state index contributed by atoms with van der Waals surface area (Å²) < 4.78 is 1.18. The van der Waals surface area contributed by atoms with E-state index in [1.54, 1.807) is 23.1 Å². The smallest absolute Gasteiger partial charge is 0.350 e. The normalized spacial score (nSPS) is 16.0. The Morgan fingerprint density at radius 2 is 2.03 bits per heavy atom. The maximum absolute atomic E-state index is 12.7. The Morgan fingerprint density at radius 3 is 2.78 bits per heavy atom. The van der Waals surface area contributed by atoms with Crippen molar-refractivity contribution in [2.45, 2.75) is 19.8 Å². The van der Waals surface area contributed by atoms with Gasteiger partial charge >= 0.3 is 17.3 Å². The summed E-state index contributed by atoms with van der Waals surface area (Å²) in [7, 11) is 0. The molecule has 1 fully saturated rings. The molecule has 3 heterocycles. The molecule has 3 aromatic rings. The van der Waals surface area contributed by atoms with Gasteiger partial charge in [0.15, 0.2) is 0 Å². The molecule has 1 unspecified atom stereocenters. The lowest BCUT2D eigenvalue weighted by atomic mass is 9.98. The molecule has 1 aromatic carbocycles. The van der Waals surface area contributed by atoms with Crippen molar-refractivity contribution < 1.29 is 9.72 Å². The number of piperidine rings is 1. The Balaban J connectivity index is 1.47. The number of nitrogens with zero attached hydrogens (tertiary/aromatic N) is 4. The molecular formula is C22H24N6O4. The Bertz CT molecular complexity index is 1210. The molecule has 0 saturated carbocycles. The molecule has 0 aliphatic carbocycles. The average Bonchev–Trinajstić information content (AvgIpc) is 2.79. The van der Waals surface area contributed by atoms with Crippen molar-refractivity contribution in [3.8, 4) is 0 Å². The van der Waals surface area contributed by atoms with Crippen LogP contribution in [0.25, 0.3) is 5.65 Å². The van der Waals surface area contributed by atoms with Crippen molar-refractivity contribution >= 4 is 28.9 Å². The minimum Gasteiger partial charge on any atom is -0.350 e. The number of carbonyl (C=O) groups excluding carboxylic acids is 1. The van der Waals surface area contributed by atoms with Gasteiger partial charge in [0.1, 0.15) is 5.65 Å². The van der Waals surface area contributed by atoms with Gasteiger partial charge in [-0.3, -0.25) is 19.3 Å². The largest absolute Gasteiger partial charge is 0.376 e. The molecule has 1 aliphatic heterocycles. The third kappa shape index (κ3) is 4.53. The number of fused-ring (bicyclic) bond motifs is 1. The lowest BCUT2D eigenvalue weighted by Gasteiger charge is -2.33. The van der Waals surface area contributed by atoms with E-state index in [9.17, 15) is 19.7 Å². The highest BCUT2D eigenvalue weighted by Crippen LogP contribution is 2.27. The summed E-state index contributed by atoms with van der Waals surface area (Å²) in [5.41, 5.74) is 0.938. The van der Waals surface area contributed by atoms with Gasteiger partial charge in [0.05, 0.1) is 4.92 Å². The molecule has 2 N–H and O–H groups in total. The predicted molar refractivity (Wildman–Crippen MR) is 121 cm³/mol. The van der Waals surface area contributed by atoms with Crippen LogP contribution < -0.4 is 21.1 Å². The van der Waals surface area contributed by atoms with Gasteiger partial charge in [0.2, 0.25) is 5.82 Å². The number of nitrogens with one attached hydrogen (secondary N) is 2. The number of rotatable bonds is 5. The molecule has 2 aromatic heterocycles. The second-order valence-corrected chi connectivity index (χ2v) is 7.93. The fraction of sp³-hybridized carbons (Fsp3) is 0.318. The predicted octanol–water partition coefficient (Wildman–Crippen LogP) is 2.95. The van der Waals surface area contributed by atoms with Crippen LogP contribution >= 0.6 is 0 Å². The molecule has 2 amide bonds. The van der Waals surface area contributed by atoms with Crippen LogP contribution in [0, 0.1) is 23.0 Å². The van der Waals surface area contributed by atoms with Crippen molar-refractivity contribution in [3.05, 3.63) is 74.7 Å². The first kappa shape index (κ1) is 21.3. The molecule has 0 spiro atoms. The summed E-state index contributed by atoms with van der Waals surface area (Å²) in [5.74, 6) is 0.156. The van der Waals surface area contributed by atoms with Gasteiger partial charge in [-0.05, 0) is 49.9 Å². The number of urea groups is 1. The Hall–Kier alpha value is -3.95. The number of anilines is 2. The van der Waals surface area contributed by atoms with Crippen molar-refractivity contribution in [2.24, 2.45) is 5.92 Å². The van der Waals surface area contributed by atoms with E-state index in [-0.39, 0.29) is 17.8 Å². The van der Waals surface area contributed by atoms with E-state index >= 15 is 0 Å². The van der Waals surface area contributed by atoms with Crippen LogP contribution in [0.3, 0.4) is 0 Å². The standard InChI is InChI=1S/C22H24N6O4/c1-15-7-9-17(10-8-15)24-22(30)23-13-16-5-4-11-26(14-16)20-19(28(31)32)21(29)27-12-3-2-6-18(27)25-20/h2-3,6-10,12,16H,4-5,11,13-14H2,1H3,(H2,23,24,30). The SMILES string of the molecule is Cc1ccc(NC(=O)NCC2CCCN(c3nc4ccccn4c(=O)c3[N+](=O)[O-])C2)cc1. The number of aromatic nitrogens is 2. The van der Waals surface area contributed by atoms with E-state index in [2.05, 4.69) is 15.6 Å². The minimum absolute atomic E-state index is 0.0724. The van der Waals surface area contributed by atoms with Gasteiger partial charge in [-0.25, -0.2) is 9.78 Å². The Kier molecular flexibility index (Phi) is 6.02. The number of amides is 2. The number of hydrogen-bond acceptors (Lipinski definition) is 6. The maximum atomic E-state index is 12.7. The Labute approximate surface area is 184 Å². The number of pyridine rings is 1. The highest BCUT2D eigenvalue weighted by molar-refractivity contribution is 5.89. The van der Waals surface area contributed by atoms with Crippen molar-refractivity contribution in [1.82, 2.24) is 14.7 Å². The molecule has 0 radical (unpaired) electrons. The zero-order chi connectivity index (χ0) is 22.7. The van der Waals surface area contributed by atoms with E-state index in [0.29, 0.717) is 31.0 Å². The van der Waals surface area contributed by atoms with Gasteiger partial charge in [0, 0.05) is 31.5 Å². The number of carbonyl (C=O) groups is 1. The first-order chi connectivity index (χ1) is 15.4. The number of hydrogen-bond donors (Lipinski definition) is 2. The molecule has 32 heavy (non-hydrogen) atoms. The van der Waals surface area contributed by atoms with Crippen LogP contribution in [-0.2, 0) is 0 Å².